The van der Waals surface area contributed by atoms with Crippen molar-refractivity contribution in [2.45, 2.75) is 0 Å². The van der Waals surface area contributed by atoms with Crippen molar-refractivity contribution in [3.63, 3.8) is 0 Å². The van der Waals surface area contributed by atoms with Gasteiger partial charge in [0, 0.05) is 32.9 Å². The zero-order chi connectivity index (χ0) is 10.9. The molecule has 4 N–H and O–H groups in total. The van der Waals surface area contributed by atoms with Crippen molar-refractivity contribution < 1.29 is 4.74 Å². The Hall–Kier alpha value is -1.40. The highest BCUT2D eigenvalue weighted by atomic mass is 16.5. The van der Waals surface area contributed by atoms with Gasteiger partial charge in [-0.05, 0) is 6.07 Å². The van der Waals surface area contributed by atoms with Crippen molar-refractivity contribution >= 4 is 11.8 Å². The number of rotatable bonds is 7. The minimum Gasteiger partial charge on any atom is -0.383 e. The number of anilines is 2. The Morgan fingerprint density at radius 2 is 2.27 bits per heavy atom. The highest BCUT2D eigenvalue weighted by molar-refractivity contribution is 5.39. The first-order chi connectivity index (χ1) is 7.36. The summed E-state index contributed by atoms with van der Waals surface area (Å²) in [4.78, 5) is 8.31. The molecule has 0 radical (unpaired) electrons. The highest BCUT2D eigenvalue weighted by Gasteiger charge is 1.97. The van der Waals surface area contributed by atoms with Gasteiger partial charge in [0.25, 0.3) is 0 Å². The molecule has 0 amide bonds. The maximum absolute atomic E-state index is 5.37. The molecule has 0 atom stereocenters. The Morgan fingerprint density at radius 3 is 3.00 bits per heavy atom. The molecule has 0 saturated carbocycles. The zero-order valence-electron chi connectivity index (χ0n) is 8.86. The minimum absolute atomic E-state index is 0.580. The van der Waals surface area contributed by atoms with Gasteiger partial charge in [0.2, 0.25) is 5.95 Å². The van der Waals surface area contributed by atoms with E-state index in [1.54, 1.807) is 19.4 Å². The minimum atomic E-state index is 0.580. The first kappa shape index (κ1) is 11.7. The number of methoxy groups -OCH3 is 1. The van der Waals surface area contributed by atoms with Crippen LogP contribution in [0, 0.1) is 0 Å². The van der Waals surface area contributed by atoms with Crippen molar-refractivity contribution in [1.29, 1.82) is 0 Å². The zero-order valence-corrected chi connectivity index (χ0v) is 8.86. The molecule has 0 aliphatic heterocycles. The van der Waals surface area contributed by atoms with Gasteiger partial charge in [0.1, 0.15) is 5.82 Å². The van der Waals surface area contributed by atoms with Crippen LogP contribution in [0.15, 0.2) is 12.3 Å². The molecule has 0 aliphatic rings. The van der Waals surface area contributed by atoms with Gasteiger partial charge in [-0.2, -0.15) is 4.98 Å². The summed E-state index contributed by atoms with van der Waals surface area (Å²) in [6, 6.07) is 1.80. The summed E-state index contributed by atoms with van der Waals surface area (Å²) < 4.78 is 4.91. The third-order valence-electron chi connectivity index (χ3n) is 1.70. The van der Waals surface area contributed by atoms with Crippen LogP contribution in [0.4, 0.5) is 11.8 Å². The summed E-state index contributed by atoms with van der Waals surface area (Å²) in [5.41, 5.74) is 5.37. The predicted molar refractivity (Wildman–Crippen MR) is 59.9 cm³/mol. The third-order valence-corrected chi connectivity index (χ3v) is 1.70. The monoisotopic (exact) mass is 211 g/mol. The maximum Gasteiger partial charge on any atom is 0.224 e. The lowest BCUT2D eigenvalue weighted by Gasteiger charge is -2.06. The quantitative estimate of drug-likeness (QED) is 0.546. The molecule has 1 rings (SSSR count). The fraction of sp³-hybridized carbons (Fsp3) is 0.556. The topological polar surface area (TPSA) is 85.1 Å². The van der Waals surface area contributed by atoms with Gasteiger partial charge in [-0.1, -0.05) is 0 Å². The summed E-state index contributed by atoms with van der Waals surface area (Å²) in [5, 5.41) is 6.12. The number of nitrogens with one attached hydrogen (secondary N) is 2. The number of ether oxygens (including phenoxy) is 1. The van der Waals surface area contributed by atoms with Gasteiger partial charge in [0.05, 0.1) is 6.61 Å². The molecular weight excluding hydrogens is 194 g/mol. The lowest BCUT2D eigenvalue weighted by Crippen LogP contribution is -2.15. The van der Waals surface area contributed by atoms with Crippen molar-refractivity contribution in [1.82, 2.24) is 9.97 Å². The fourth-order valence-corrected chi connectivity index (χ4v) is 1.01. The molecule has 1 heterocycles. The van der Waals surface area contributed by atoms with Crippen LogP contribution in [0.25, 0.3) is 0 Å². The van der Waals surface area contributed by atoms with Gasteiger partial charge in [-0.3, -0.25) is 0 Å². The fourth-order valence-electron chi connectivity index (χ4n) is 1.01. The molecule has 0 aromatic carbocycles. The highest BCUT2D eigenvalue weighted by Crippen LogP contribution is 2.04. The van der Waals surface area contributed by atoms with Crippen LogP contribution in [-0.2, 0) is 4.74 Å². The van der Waals surface area contributed by atoms with Crippen molar-refractivity contribution in [3.05, 3.63) is 12.3 Å². The van der Waals surface area contributed by atoms with Gasteiger partial charge >= 0.3 is 0 Å². The van der Waals surface area contributed by atoms with E-state index in [1.165, 1.54) is 0 Å². The molecule has 0 bridgehead atoms. The standard InChI is InChI=1S/C9H17N5O/c1-15-7-6-13-9-12-4-2-8(14-9)11-5-3-10/h2,4H,3,5-7,10H2,1H3,(H2,11,12,13,14). The number of nitrogens with zero attached hydrogens (tertiary/aromatic N) is 2. The summed E-state index contributed by atoms with van der Waals surface area (Å²) in [6.45, 7) is 2.60. The van der Waals surface area contributed by atoms with Crippen molar-refractivity contribution in [2.24, 2.45) is 5.73 Å². The summed E-state index contributed by atoms with van der Waals surface area (Å²) in [5.74, 6) is 1.37. The molecular formula is C9H17N5O. The van der Waals surface area contributed by atoms with Crippen LogP contribution in [0.1, 0.15) is 0 Å². The second-order valence-corrected chi connectivity index (χ2v) is 2.90. The molecule has 15 heavy (non-hydrogen) atoms. The normalized spacial score (nSPS) is 10.0. The molecule has 6 heteroatoms. The van der Waals surface area contributed by atoms with Crippen molar-refractivity contribution in [2.75, 3.05) is 44.0 Å². The predicted octanol–water partition coefficient (Wildman–Crippen LogP) is -0.0945. The van der Waals surface area contributed by atoms with Gasteiger partial charge in [-0.15, -0.1) is 0 Å². The number of aromatic nitrogens is 2. The molecule has 1 aromatic heterocycles. The lowest BCUT2D eigenvalue weighted by molar-refractivity contribution is 0.210. The average Bonchev–Trinajstić information content (AvgIpc) is 2.27. The van der Waals surface area contributed by atoms with E-state index in [4.69, 9.17) is 10.5 Å². The van der Waals surface area contributed by atoms with E-state index in [9.17, 15) is 0 Å². The SMILES string of the molecule is COCCNc1nccc(NCCN)n1. The molecule has 84 valence electrons. The Kier molecular flexibility index (Phi) is 5.42. The maximum atomic E-state index is 5.37. The van der Waals surface area contributed by atoms with Crippen LogP contribution in [0.2, 0.25) is 0 Å². The smallest absolute Gasteiger partial charge is 0.224 e. The summed E-state index contributed by atoms with van der Waals surface area (Å²) in [7, 11) is 1.65. The first-order valence-corrected chi connectivity index (χ1v) is 4.86. The number of nitrogens with two attached hydrogens (primary N) is 1. The Balaban J connectivity index is 2.42. The summed E-state index contributed by atoms with van der Waals surface area (Å²) in [6.07, 6.45) is 1.70. The van der Waals surface area contributed by atoms with E-state index in [1.807, 2.05) is 0 Å². The van der Waals surface area contributed by atoms with E-state index in [0.29, 0.717) is 32.2 Å². The van der Waals surface area contributed by atoms with Crippen LogP contribution >= 0.6 is 0 Å². The van der Waals surface area contributed by atoms with E-state index in [2.05, 4.69) is 20.6 Å². The number of hydrogen-bond acceptors (Lipinski definition) is 6. The second kappa shape index (κ2) is 6.97. The van der Waals surface area contributed by atoms with E-state index >= 15 is 0 Å². The molecule has 6 nitrogen and oxygen atoms in total. The van der Waals surface area contributed by atoms with Crippen LogP contribution in [0.3, 0.4) is 0 Å². The number of hydrogen-bond donors (Lipinski definition) is 3. The Labute approximate surface area is 89.2 Å². The average molecular weight is 211 g/mol. The third kappa shape index (κ3) is 4.57. The van der Waals surface area contributed by atoms with Crippen LogP contribution < -0.4 is 16.4 Å². The summed E-state index contributed by atoms with van der Waals surface area (Å²) >= 11 is 0. The van der Waals surface area contributed by atoms with Crippen LogP contribution in [-0.4, -0.2) is 43.3 Å². The Bertz CT molecular complexity index is 281. The van der Waals surface area contributed by atoms with Gasteiger partial charge in [0.15, 0.2) is 0 Å². The van der Waals surface area contributed by atoms with Gasteiger partial charge < -0.3 is 21.1 Å². The lowest BCUT2D eigenvalue weighted by atomic mass is 10.5. The van der Waals surface area contributed by atoms with E-state index in [-0.39, 0.29) is 0 Å². The molecule has 0 fully saturated rings. The Morgan fingerprint density at radius 1 is 1.40 bits per heavy atom. The molecule has 0 aliphatic carbocycles. The van der Waals surface area contributed by atoms with E-state index in [0.717, 1.165) is 5.82 Å². The van der Waals surface area contributed by atoms with Gasteiger partial charge in [-0.25, -0.2) is 4.98 Å². The molecule has 0 unspecified atom stereocenters. The molecule has 0 spiro atoms. The molecule has 0 saturated heterocycles. The second-order valence-electron chi connectivity index (χ2n) is 2.90. The van der Waals surface area contributed by atoms with Crippen molar-refractivity contribution in [3.8, 4) is 0 Å². The van der Waals surface area contributed by atoms with Crippen LogP contribution in [0.5, 0.6) is 0 Å². The largest absolute Gasteiger partial charge is 0.383 e. The molecule has 1 aromatic rings. The first-order valence-electron chi connectivity index (χ1n) is 4.86. The van der Waals surface area contributed by atoms with E-state index < -0.39 is 0 Å².